The van der Waals surface area contributed by atoms with Gasteiger partial charge < -0.3 is 0 Å². The van der Waals surface area contributed by atoms with E-state index in [1.165, 1.54) is 17.2 Å². The van der Waals surface area contributed by atoms with Gasteiger partial charge in [-0.25, -0.2) is 22.3 Å². The number of primary sulfonamides is 1. The lowest BCUT2D eigenvalue weighted by atomic mass is 9.81. The Labute approximate surface area is 145 Å². The van der Waals surface area contributed by atoms with Gasteiger partial charge in [0, 0.05) is 0 Å². The first-order valence-corrected chi connectivity index (χ1v) is 9.98. The molecule has 0 spiro atoms. The molecule has 2 atom stereocenters. The lowest BCUT2D eigenvalue weighted by Gasteiger charge is -2.24. The number of halogens is 2. The molecule has 0 saturated heterocycles. The molecule has 0 amide bonds. The molecule has 2 aromatic carbocycles. The monoisotopic (exact) mass is 363 g/mol. The van der Waals surface area contributed by atoms with Crippen LogP contribution in [0.1, 0.15) is 35.4 Å². The minimum absolute atomic E-state index is 0.117. The molecular weight excluding hydrogens is 344 g/mol. The van der Waals surface area contributed by atoms with Gasteiger partial charge >= 0.3 is 0 Å². The van der Waals surface area contributed by atoms with E-state index in [0.717, 1.165) is 31.7 Å². The summed E-state index contributed by atoms with van der Waals surface area (Å²) in [6, 6.07) is 10.6. The van der Waals surface area contributed by atoms with Gasteiger partial charge in [0.2, 0.25) is 10.0 Å². The molecule has 2 aromatic rings. The minimum atomic E-state index is -4.45. The van der Waals surface area contributed by atoms with Gasteiger partial charge in [0.25, 0.3) is 0 Å². The molecule has 0 heterocycles. The van der Waals surface area contributed by atoms with Crippen molar-refractivity contribution in [2.24, 2.45) is 17.0 Å². The summed E-state index contributed by atoms with van der Waals surface area (Å²) in [5.74, 6) is -1.82. The van der Waals surface area contributed by atoms with Gasteiger partial charge in [-0.15, -0.1) is 0 Å². The first-order chi connectivity index (χ1) is 11.9. The van der Waals surface area contributed by atoms with E-state index in [1.807, 2.05) is 12.1 Å². The van der Waals surface area contributed by atoms with Crippen molar-refractivity contribution in [1.29, 1.82) is 0 Å². The number of nitrogens with two attached hydrogens (primary N) is 1. The third kappa shape index (κ3) is 2.77. The Morgan fingerprint density at radius 1 is 0.920 bits per heavy atom. The highest BCUT2D eigenvalue weighted by molar-refractivity contribution is 7.89. The van der Waals surface area contributed by atoms with E-state index < -0.39 is 26.6 Å². The normalized spacial score (nSPS) is 25.5. The average Bonchev–Trinajstić information content (AvgIpc) is 2.81. The van der Waals surface area contributed by atoms with Crippen LogP contribution in [0, 0.1) is 23.5 Å². The van der Waals surface area contributed by atoms with Crippen LogP contribution in [-0.2, 0) is 22.9 Å². The predicted octanol–water partition coefficient (Wildman–Crippen LogP) is 3.52. The van der Waals surface area contributed by atoms with Crippen molar-refractivity contribution in [3.05, 3.63) is 64.7 Å². The highest BCUT2D eigenvalue weighted by Gasteiger charge is 2.42. The molecule has 0 aromatic heterocycles. The summed E-state index contributed by atoms with van der Waals surface area (Å²) in [7, 11) is -4.45. The van der Waals surface area contributed by atoms with E-state index in [0.29, 0.717) is 0 Å². The summed E-state index contributed by atoms with van der Waals surface area (Å²) in [5.41, 5.74) is 2.83. The first kappa shape index (κ1) is 16.7. The van der Waals surface area contributed by atoms with Crippen molar-refractivity contribution < 1.29 is 17.2 Å². The Bertz CT molecular complexity index is 909. The maximum absolute atomic E-state index is 15.0. The van der Waals surface area contributed by atoms with E-state index in [9.17, 15) is 17.2 Å². The SMILES string of the molecule is NS(=O)(=O)c1c(F)ccc(C2C3CCC2Cc2ccccc2C3)c1F. The summed E-state index contributed by atoms with van der Waals surface area (Å²) in [4.78, 5) is -1.01. The fourth-order valence-corrected chi connectivity index (χ4v) is 5.43. The van der Waals surface area contributed by atoms with Gasteiger partial charge in [-0.3, -0.25) is 0 Å². The van der Waals surface area contributed by atoms with Crippen molar-refractivity contribution in [3.63, 3.8) is 0 Å². The van der Waals surface area contributed by atoms with Crippen molar-refractivity contribution in [3.8, 4) is 0 Å². The quantitative estimate of drug-likeness (QED) is 0.887. The van der Waals surface area contributed by atoms with Crippen LogP contribution in [0.2, 0.25) is 0 Å². The van der Waals surface area contributed by atoms with Crippen molar-refractivity contribution >= 4 is 10.0 Å². The zero-order valence-electron chi connectivity index (χ0n) is 13.6. The number of benzene rings is 2. The van der Waals surface area contributed by atoms with Crippen LogP contribution in [-0.4, -0.2) is 8.42 Å². The van der Waals surface area contributed by atoms with Crippen LogP contribution < -0.4 is 5.14 Å². The molecule has 6 heteroatoms. The fraction of sp³-hybridized carbons (Fsp3) is 0.368. The van der Waals surface area contributed by atoms with Crippen LogP contribution >= 0.6 is 0 Å². The smallest absolute Gasteiger partial charge is 0.224 e. The number of fused-ring (bicyclic) bond motifs is 3. The van der Waals surface area contributed by atoms with E-state index in [4.69, 9.17) is 5.14 Å². The molecule has 1 fully saturated rings. The molecule has 2 aliphatic carbocycles. The predicted molar refractivity (Wildman–Crippen MR) is 90.5 cm³/mol. The van der Waals surface area contributed by atoms with Gasteiger partial charge in [0.05, 0.1) is 0 Å². The zero-order valence-corrected chi connectivity index (χ0v) is 14.4. The lowest BCUT2D eigenvalue weighted by Crippen LogP contribution is -2.21. The van der Waals surface area contributed by atoms with E-state index in [-0.39, 0.29) is 23.3 Å². The molecule has 3 nitrogen and oxygen atoms in total. The molecule has 2 bridgehead atoms. The number of hydrogen-bond acceptors (Lipinski definition) is 2. The summed E-state index contributed by atoms with van der Waals surface area (Å²) in [6.07, 6.45) is 3.59. The molecule has 0 aliphatic heterocycles. The summed E-state index contributed by atoms with van der Waals surface area (Å²) in [5, 5.41) is 5.03. The van der Waals surface area contributed by atoms with Gasteiger partial charge in [-0.05, 0) is 66.2 Å². The van der Waals surface area contributed by atoms with E-state index >= 15 is 0 Å². The molecule has 1 saturated carbocycles. The Kier molecular flexibility index (Phi) is 3.92. The van der Waals surface area contributed by atoms with Gasteiger partial charge in [0.1, 0.15) is 11.6 Å². The topological polar surface area (TPSA) is 60.2 Å². The Balaban J connectivity index is 1.82. The third-order valence-electron chi connectivity index (χ3n) is 5.73. The van der Waals surface area contributed by atoms with Crippen LogP contribution in [0.5, 0.6) is 0 Å². The van der Waals surface area contributed by atoms with Gasteiger partial charge in [-0.1, -0.05) is 30.3 Å². The molecule has 25 heavy (non-hydrogen) atoms. The second-order valence-corrected chi connectivity index (χ2v) is 8.62. The number of rotatable bonds is 2. The third-order valence-corrected chi connectivity index (χ3v) is 6.67. The summed E-state index contributed by atoms with van der Waals surface area (Å²) >= 11 is 0. The van der Waals surface area contributed by atoms with Crippen LogP contribution in [0.15, 0.2) is 41.3 Å². The Hall–Kier alpha value is -1.79. The highest BCUT2D eigenvalue weighted by atomic mass is 32.2. The summed E-state index contributed by atoms with van der Waals surface area (Å²) in [6.45, 7) is 0. The second-order valence-electron chi connectivity index (χ2n) is 7.12. The summed E-state index contributed by atoms with van der Waals surface area (Å²) < 4.78 is 52.1. The highest BCUT2D eigenvalue weighted by Crippen LogP contribution is 2.50. The molecule has 0 radical (unpaired) electrons. The Morgan fingerprint density at radius 2 is 1.48 bits per heavy atom. The van der Waals surface area contributed by atoms with Crippen molar-refractivity contribution in [2.45, 2.75) is 36.5 Å². The maximum Gasteiger partial charge on any atom is 0.243 e. The minimum Gasteiger partial charge on any atom is -0.224 e. The van der Waals surface area contributed by atoms with Crippen LogP contribution in [0.3, 0.4) is 0 Å². The van der Waals surface area contributed by atoms with E-state index in [2.05, 4.69) is 12.1 Å². The van der Waals surface area contributed by atoms with Gasteiger partial charge in [-0.2, -0.15) is 0 Å². The average molecular weight is 363 g/mol. The van der Waals surface area contributed by atoms with Crippen molar-refractivity contribution in [2.75, 3.05) is 0 Å². The molecule has 2 unspecified atom stereocenters. The molecule has 132 valence electrons. The van der Waals surface area contributed by atoms with Crippen molar-refractivity contribution in [1.82, 2.24) is 0 Å². The standard InChI is InChI=1S/C19H19F2NO2S/c20-16-8-7-15(18(21)19(16)25(22,23)24)17-13-5-6-14(17)10-12-4-2-1-3-11(12)9-13/h1-4,7-8,13-14,17H,5-6,9-10H2,(H2,22,23,24). The fourth-order valence-electron chi connectivity index (χ4n) is 4.72. The molecule has 2 aliphatic rings. The Morgan fingerprint density at radius 3 is 2.00 bits per heavy atom. The first-order valence-electron chi connectivity index (χ1n) is 8.43. The van der Waals surface area contributed by atoms with Gasteiger partial charge in [0.15, 0.2) is 4.90 Å². The maximum atomic E-state index is 15.0. The molecule has 2 N–H and O–H groups in total. The van der Waals surface area contributed by atoms with Crippen LogP contribution in [0.25, 0.3) is 0 Å². The number of sulfonamides is 1. The molecule has 4 rings (SSSR count). The second kappa shape index (κ2) is 5.88. The zero-order chi connectivity index (χ0) is 17.8. The number of hydrogen-bond donors (Lipinski definition) is 1. The molecular formula is C19H19F2NO2S. The van der Waals surface area contributed by atoms with Crippen LogP contribution in [0.4, 0.5) is 8.78 Å². The largest absolute Gasteiger partial charge is 0.243 e. The van der Waals surface area contributed by atoms with E-state index in [1.54, 1.807) is 0 Å². The lowest BCUT2D eigenvalue weighted by molar-refractivity contribution is 0.399.